The first-order chi connectivity index (χ1) is 14.7. The van der Waals surface area contributed by atoms with Gasteiger partial charge in [0.15, 0.2) is 0 Å². The fourth-order valence-electron chi connectivity index (χ4n) is 2.47. The summed E-state index contributed by atoms with van der Waals surface area (Å²) in [6.45, 7) is 10.5. The van der Waals surface area contributed by atoms with Crippen molar-refractivity contribution in [3.05, 3.63) is 35.9 Å². The summed E-state index contributed by atoms with van der Waals surface area (Å²) in [5.41, 5.74) is -0.450. The number of carbonyl (C=O) groups is 2. The number of alkyl carbamates (subject to hydrolysis) is 1. The predicted molar refractivity (Wildman–Crippen MR) is 127 cm³/mol. The predicted octanol–water partition coefficient (Wildman–Crippen LogP) is 3.79. The van der Waals surface area contributed by atoms with Gasteiger partial charge in [0.2, 0.25) is 0 Å². The molecule has 32 heavy (non-hydrogen) atoms. The van der Waals surface area contributed by atoms with Crippen molar-refractivity contribution in [3.63, 3.8) is 0 Å². The summed E-state index contributed by atoms with van der Waals surface area (Å²) in [7, 11) is -4.23. The Hall–Kier alpha value is -1.85. The summed E-state index contributed by atoms with van der Waals surface area (Å²) in [5, 5.41) is 2.93. The summed E-state index contributed by atoms with van der Waals surface area (Å²) >= 11 is 3.16. The number of hydrogen-bond donors (Lipinski definition) is 2. The lowest BCUT2D eigenvalue weighted by Crippen LogP contribution is -2.54. The quantitative estimate of drug-likeness (QED) is 0.465. The Labute approximate surface area is 199 Å². The summed E-state index contributed by atoms with van der Waals surface area (Å²) in [4.78, 5) is 24.7. The zero-order valence-corrected chi connectivity index (χ0v) is 21.9. The van der Waals surface area contributed by atoms with Crippen LogP contribution in [-0.4, -0.2) is 55.0 Å². The highest BCUT2D eigenvalue weighted by atomic mass is 79.9. The van der Waals surface area contributed by atoms with Crippen LogP contribution in [0.5, 0.6) is 0 Å². The maximum absolute atomic E-state index is 12.9. The van der Waals surface area contributed by atoms with Gasteiger partial charge in [-0.25, -0.2) is 9.59 Å². The van der Waals surface area contributed by atoms with E-state index in [0.717, 1.165) is 5.56 Å². The second kappa shape index (κ2) is 11.9. The van der Waals surface area contributed by atoms with E-state index in [1.165, 1.54) is 0 Å². The molecule has 1 aromatic rings. The van der Waals surface area contributed by atoms with Gasteiger partial charge >= 0.3 is 22.4 Å². The number of rotatable bonds is 9. The number of hydrogen-bond acceptors (Lipinski definition) is 6. The molecule has 182 valence electrons. The van der Waals surface area contributed by atoms with E-state index in [1.54, 1.807) is 45.0 Å². The fourth-order valence-corrected chi connectivity index (χ4v) is 4.17. The van der Waals surface area contributed by atoms with Crippen LogP contribution in [0.25, 0.3) is 0 Å². The Kier molecular flexibility index (Phi) is 10.4. The van der Waals surface area contributed by atoms with E-state index >= 15 is 0 Å². The van der Waals surface area contributed by atoms with Crippen molar-refractivity contribution in [1.29, 1.82) is 0 Å². The minimum atomic E-state index is -4.23. The molecule has 2 amide bonds. The summed E-state index contributed by atoms with van der Waals surface area (Å²) in [6.07, 6.45) is -1.65. The van der Waals surface area contributed by atoms with Gasteiger partial charge in [-0.1, -0.05) is 67.0 Å². The Bertz CT molecular complexity index is 851. The molecule has 9 nitrogen and oxygen atoms in total. The third-order valence-corrected chi connectivity index (χ3v) is 5.99. The van der Waals surface area contributed by atoms with Gasteiger partial charge in [-0.05, 0) is 31.7 Å². The number of nitrogens with zero attached hydrogens (tertiary/aromatic N) is 1. The van der Waals surface area contributed by atoms with Crippen molar-refractivity contribution >= 4 is 38.3 Å². The largest absolute Gasteiger partial charge is 0.444 e. The molecule has 2 N–H and O–H groups in total. The third kappa shape index (κ3) is 10.2. The van der Waals surface area contributed by atoms with Crippen molar-refractivity contribution < 1.29 is 27.5 Å². The lowest BCUT2D eigenvalue weighted by atomic mass is 9.87. The molecule has 11 heteroatoms. The third-order valence-electron chi connectivity index (χ3n) is 4.19. The molecule has 1 aromatic carbocycles. The van der Waals surface area contributed by atoms with E-state index in [0.29, 0.717) is 4.31 Å². The lowest BCUT2D eigenvalue weighted by molar-refractivity contribution is 0.0465. The average molecular weight is 536 g/mol. The van der Waals surface area contributed by atoms with Crippen LogP contribution >= 0.6 is 15.9 Å². The molecule has 0 saturated heterocycles. The number of nitrogens with one attached hydrogen (secondary N) is 2. The van der Waals surface area contributed by atoms with Gasteiger partial charge in [0.25, 0.3) is 0 Å². The van der Waals surface area contributed by atoms with Gasteiger partial charge in [0, 0.05) is 11.9 Å². The highest BCUT2D eigenvalue weighted by molar-refractivity contribution is 9.09. The summed E-state index contributed by atoms with van der Waals surface area (Å²) in [5.74, 6) is 0. The number of alkyl halides is 1. The molecular weight excluding hydrogens is 502 g/mol. The molecule has 1 atom stereocenters. The molecule has 0 heterocycles. The molecular formula is C21H34BrN3O6S. The molecule has 1 rings (SSSR count). The van der Waals surface area contributed by atoms with Gasteiger partial charge < -0.3 is 14.8 Å². The smallest absolute Gasteiger partial charge is 0.424 e. The molecule has 0 spiro atoms. The van der Waals surface area contributed by atoms with Crippen molar-refractivity contribution in [1.82, 2.24) is 14.3 Å². The second-order valence-electron chi connectivity index (χ2n) is 9.22. The molecule has 0 radical (unpaired) electrons. The first-order valence-electron chi connectivity index (χ1n) is 10.2. The van der Waals surface area contributed by atoms with Gasteiger partial charge in [-0.2, -0.15) is 17.4 Å². The van der Waals surface area contributed by atoms with Crippen LogP contribution in [-0.2, 0) is 26.3 Å². The lowest BCUT2D eigenvalue weighted by Gasteiger charge is -2.33. The molecule has 0 bridgehead atoms. The maximum atomic E-state index is 12.9. The van der Waals surface area contributed by atoms with Crippen LogP contribution in [0.4, 0.5) is 9.59 Å². The fraction of sp³-hybridized carbons (Fsp3) is 0.619. The van der Waals surface area contributed by atoms with Crippen LogP contribution < -0.4 is 10.0 Å². The highest BCUT2D eigenvalue weighted by Crippen LogP contribution is 2.20. The summed E-state index contributed by atoms with van der Waals surface area (Å²) in [6, 6.07) is 8.35. The molecule has 0 aliphatic carbocycles. The molecule has 0 aliphatic heterocycles. The zero-order valence-electron chi connectivity index (χ0n) is 19.5. The van der Waals surface area contributed by atoms with Crippen LogP contribution in [0, 0.1) is 5.41 Å². The normalized spacial score (nSPS) is 13.2. The van der Waals surface area contributed by atoms with Crippen molar-refractivity contribution in [2.24, 2.45) is 5.41 Å². The first-order valence-corrected chi connectivity index (χ1v) is 12.8. The van der Waals surface area contributed by atoms with E-state index < -0.39 is 39.5 Å². The van der Waals surface area contributed by atoms with Gasteiger partial charge in [-0.15, -0.1) is 0 Å². The SMILES string of the molecule is CC(C)(C)OC(=O)N[C@@H](CNS(=O)(=O)N(CCBr)C(=O)OCc1ccccc1)C(C)(C)C. The van der Waals surface area contributed by atoms with Gasteiger partial charge in [-0.3, -0.25) is 0 Å². The average Bonchev–Trinajstić information content (AvgIpc) is 2.66. The Morgan fingerprint density at radius 2 is 1.69 bits per heavy atom. The number of amides is 2. The monoisotopic (exact) mass is 535 g/mol. The Morgan fingerprint density at radius 3 is 2.19 bits per heavy atom. The Morgan fingerprint density at radius 1 is 1.09 bits per heavy atom. The molecule has 0 saturated carbocycles. The van der Waals surface area contributed by atoms with Crippen LogP contribution in [0.15, 0.2) is 30.3 Å². The zero-order chi connectivity index (χ0) is 24.6. The van der Waals surface area contributed by atoms with Crippen LogP contribution in [0.1, 0.15) is 47.1 Å². The highest BCUT2D eigenvalue weighted by Gasteiger charge is 2.33. The minimum absolute atomic E-state index is 0.0568. The van der Waals surface area contributed by atoms with Gasteiger partial charge in [0.1, 0.15) is 12.2 Å². The number of carbonyl (C=O) groups excluding carboxylic acids is 2. The van der Waals surface area contributed by atoms with Crippen molar-refractivity contribution in [2.45, 2.75) is 59.8 Å². The van der Waals surface area contributed by atoms with E-state index in [1.807, 2.05) is 26.8 Å². The molecule has 0 unspecified atom stereocenters. The second-order valence-corrected chi connectivity index (χ2v) is 11.7. The molecule has 0 fully saturated rings. The topological polar surface area (TPSA) is 114 Å². The van der Waals surface area contributed by atoms with E-state index in [9.17, 15) is 18.0 Å². The molecule has 0 aromatic heterocycles. The van der Waals surface area contributed by atoms with E-state index in [-0.39, 0.29) is 25.0 Å². The van der Waals surface area contributed by atoms with Crippen molar-refractivity contribution in [2.75, 3.05) is 18.4 Å². The van der Waals surface area contributed by atoms with Gasteiger partial charge in [0.05, 0.1) is 12.6 Å². The Balaban J connectivity index is 2.86. The standard InChI is InChI=1S/C21H34BrN3O6S/c1-20(2,3)17(24-18(26)31-21(4,5)6)14-23-32(28,29)25(13-12-22)19(27)30-15-16-10-8-7-9-11-16/h7-11,17,23H,12-15H2,1-6H3,(H,24,26)/t17-/m0/s1. The van der Waals surface area contributed by atoms with Crippen LogP contribution in [0.3, 0.4) is 0 Å². The summed E-state index contributed by atoms with van der Waals surface area (Å²) < 4.78 is 39.2. The minimum Gasteiger partial charge on any atom is -0.444 e. The van der Waals surface area contributed by atoms with E-state index in [4.69, 9.17) is 9.47 Å². The number of halogens is 1. The maximum Gasteiger partial charge on any atom is 0.424 e. The number of ether oxygens (including phenoxy) is 2. The molecule has 0 aliphatic rings. The number of benzene rings is 1. The van der Waals surface area contributed by atoms with Crippen LogP contribution in [0.2, 0.25) is 0 Å². The van der Waals surface area contributed by atoms with Crippen molar-refractivity contribution in [3.8, 4) is 0 Å². The first kappa shape index (κ1) is 28.2. The van der Waals surface area contributed by atoms with E-state index in [2.05, 4.69) is 26.0 Å².